The minimum absolute atomic E-state index is 0.205. The molecule has 0 fully saturated rings. The van der Waals surface area contributed by atoms with E-state index < -0.39 is 0 Å². The minimum Gasteiger partial charge on any atom is -0.497 e. The first-order chi connectivity index (χ1) is 16.6. The summed E-state index contributed by atoms with van der Waals surface area (Å²) in [5.74, 6) is 2.17. The van der Waals surface area contributed by atoms with Gasteiger partial charge in [0.05, 0.1) is 12.8 Å². The molecular formula is C25H17ClN6O2. The zero-order valence-electron chi connectivity index (χ0n) is 18.0. The van der Waals surface area contributed by atoms with Crippen LogP contribution in [0.3, 0.4) is 0 Å². The molecule has 0 bridgehead atoms. The number of imidazole rings is 1. The van der Waals surface area contributed by atoms with E-state index >= 15 is 0 Å². The fraction of sp³-hybridized carbons (Fsp3) is 0.0400. The van der Waals surface area contributed by atoms with Crippen LogP contribution in [0.15, 0.2) is 83.7 Å². The largest absolute Gasteiger partial charge is 0.497 e. The van der Waals surface area contributed by atoms with Gasteiger partial charge in [0, 0.05) is 10.6 Å². The predicted octanol–water partition coefficient (Wildman–Crippen LogP) is 3.40. The molecule has 0 aliphatic carbocycles. The highest BCUT2D eigenvalue weighted by Gasteiger charge is 2.21. The molecule has 0 aliphatic heterocycles. The number of nitrogens with zero attached hydrogens (tertiary/aromatic N) is 6. The van der Waals surface area contributed by atoms with Crippen molar-refractivity contribution in [1.82, 2.24) is 28.8 Å². The average molecular weight is 469 g/mol. The molecule has 0 unspecified atom stereocenters. The molecule has 3 aromatic carbocycles. The lowest BCUT2D eigenvalue weighted by atomic mass is 10.2. The van der Waals surface area contributed by atoms with E-state index in [4.69, 9.17) is 21.4 Å². The third kappa shape index (κ3) is 3.15. The summed E-state index contributed by atoms with van der Waals surface area (Å²) in [6.07, 6.45) is 1.81. The van der Waals surface area contributed by atoms with E-state index in [-0.39, 0.29) is 5.56 Å². The molecular weight excluding hydrogens is 452 g/mol. The van der Waals surface area contributed by atoms with Crippen molar-refractivity contribution in [3.05, 3.63) is 105 Å². The Morgan fingerprint density at radius 2 is 1.62 bits per heavy atom. The van der Waals surface area contributed by atoms with Crippen molar-refractivity contribution in [3.63, 3.8) is 0 Å². The van der Waals surface area contributed by atoms with Gasteiger partial charge in [0.15, 0.2) is 5.82 Å². The number of rotatable bonds is 4. The van der Waals surface area contributed by atoms with Crippen molar-refractivity contribution < 1.29 is 4.74 Å². The number of para-hydroxylation sites is 1. The molecule has 34 heavy (non-hydrogen) atoms. The Kier molecular flexibility index (Phi) is 4.67. The zero-order chi connectivity index (χ0) is 23.2. The summed E-state index contributed by atoms with van der Waals surface area (Å²) in [6, 6.07) is 24.2. The smallest absolute Gasteiger partial charge is 0.282 e. The van der Waals surface area contributed by atoms with E-state index in [2.05, 4.69) is 10.2 Å². The molecule has 0 saturated carbocycles. The second kappa shape index (κ2) is 7.86. The Morgan fingerprint density at radius 3 is 2.32 bits per heavy atom. The van der Waals surface area contributed by atoms with Crippen LogP contribution in [0.2, 0.25) is 5.02 Å². The third-order valence-corrected chi connectivity index (χ3v) is 5.86. The van der Waals surface area contributed by atoms with Gasteiger partial charge in [-0.25, -0.2) is 8.97 Å². The Morgan fingerprint density at radius 1 is 0.882 bits per heavy atom. The van der Waals surface area contributed by atoms with E-state index in [1.165, 1.54) is 0 Å². The van der Waals surface area contributed by atoms with Crippen LogP contribution in [0.4, 0.5) is 0 Å². The normalized spacial score (nSPS) is 12.1. The standard InChI is InChI=1S/C25H17ClN6O2/c1-34-20-13-7-16(8-14-20)15-21-23(33)30(19-5-3-2-4-6-19)25-29-32-22(27-28-24(32)31(21)25)17-9-11-18(26)12-10-17/h2-15H,1H3/b21-15-. The Balaban J connectivity index is 1.67. The first-order valence-electron chi connectivity index (χ1n) is 10.5. The SMILES string of the molecule is COc1ccc(/C=c2/c(=O)n(-c3ccccc3)c3nn4c(-c5ccc(Cl)cc5)nnc4n23)cc1. The highest BCUT2D eigenvalue weighted by atomic mass is 35.5. The van der Waals surface area contributed by atoms with Gasteiger partial charge >= 0.3 is 0 Å². The van der Waals surface area contributed by atoms with E-state index in [0.717, 1.165) is 16.9 Å². The summed E-state index contributed by atoms with van der Waals surface area (Å²) in [5.41, 5.74) is 2.16. The van der Waals surface area contributed by atoms with Crippen LogP contribution in [0, 0.1) is 0 Å². The molecule has 0 amide bonds. The first kappa shape index (κ1) is 20.2. The molecule has 3 aromatic heterocycles. The molecule has 3 heterocycles. The number of hydrogen-bond acceptors (Lipinski definition) is 5. The fourth-order valence-electron chi connectivity index (χ4n) is 3.96. The van der Waals surface area contributed by atoms with Gasteiger partial charge < -0.3 is 4.74 Å². The highest BCUT2D eigenvalue weighted by Crippen LogP contribution is 2.21. The molecule has 0 atom stereocenters. The van der Waals surface area contributed by atoms with Gasteiger partial charge in [-0.3, -0.25) is 4.79 Å². The quantitative estimate of drug-likeness (QED) is 0.396. The summed E-state index contributed by atoms with van der Waals surface area (Å²) in [4.78, 5) is 13.6. The van der Waals surface area contributed by atoms with E-state index in [9.17, 15) is 4.79 Å². The van der Waals surface area contributed by atoms with Crippen LogP contribution < -0.4 is 15.6 Å². The number of ether oxygens (including phenoxy) is 1. The first-order valence-corrected chi connectivity index (χ1v) is 10.9. The summed E-state index contributed by atoms with van der Waals surface area (Å²) in [5, 5.41) is 14.5. The number of fused-ring (bicyclic) bond motifs is 3. The van der Waals surface area contributed by atoms with Gasteiger partial charge in [-0.1, -0.05) is 41.9 Å². The fourth-order valence-corrected chi connectivity index (χ4v) is 4.09. The number of benzene rings is 3. The van der Waals surface area contributed by atoms with Gasteiger partial charge in [0.25, 0.3) is 11.3 Å². The number of hydrogen-bond donors (Lipinski definition) is 0. The summed E-state index contributed by atoms with van der Waals surface area (Å²) in [7, 11) is 1.61. The number of aromatic nitrogens is 6. The number of halogens is 1. The Bertz CT molecular complexity index is 1750. The molecule has 0 N–H and O–H groups in total. The van der Waals surface area contributed by atoms with Crippen molar-refractivity contribution in [2.45, 2.75) is 0 Å². The highest BCUT2D eigenvalue weighted by molar-refractivity contribution is 6.30. The minimum atomic E-state index is -0.205. The molecule has 9 heteroatoms. The average Bonchev–Trinajstić information content (AvgIpc) is 3.51. The molecule has 0 radical (unpaired) electrons. The van der Waals surface area contributed by atoms with Crippen LogP contribution in [0.1, 0.15) is 5.56 Å². The van der Waals surface area contributed by atoms with Gasteiger partial charge in [-0.15, -0.1) is 15.3 Å². The molecule has 0 spiro atoms. The van der Waals surface area contributed by atoms with E-state index in [1.807, 2.05) is 72.8 Å². The van der Waals surface area contributed by atoms with Crippen LogP contribution in [0.25, 0.3) is 34.7 Å². The maximum Gasteiger partial charge on any atom is 0.282 e. The van der Waals surface area contributed by atoms with Crippen LogP contribution in [-0.2, 0) is 0 Å². The second-order valence-corrected chi connectivity index (χ2v) is 8.09. The molecule has 0 saturated heterocycles. The lowest BCUT2D eigenvalue weighted by molar-refractivity contribution is 0.415. The van der Waals surface area contributed by atoms with Crippen LogP contribution in [-0.4, -0.2) is 35.9 Å². The molecule has 8 nitrogen and oxygen atoms in total. The van der Waals surface area contributed by atoms with Crippen molar-refractivity contribution in [2.75, 3.05) is 7.11 Å². The lowest BCUT2D eigenvalue weighted by Crippen LogP contribution is -2.30. The van der Waals surface area contributed by atoms with E-state index in [1.54, 1.807) is 32.7 Å². The van der Waals surface area contributed by atoms with Gasteiger partial charge in [-0.05, 0) is 60.2 Å². The van der Waals surface area contributed by atoms with Crippen molar-refractivity contribution in [3.8, 4) is 22.8 Å². The zero-order valence-corrected chi connectivity index (χ0v) is 18.7. The summed E-state index contributed by atoms with van der Waals surface area (Å²) < 4.78 is 10.2. The Hall–Kier alpha value is -4.43. The monoisotopic (exact) mass is 468 g/mol. The van der Waals surface area contributed by atoms with Crippen molar-refractivity contribution in [2.24, 2.45) is 0 Å². The van der Waals surface area contributed by atoms with Crippen LogP contribution >= 0.6 is 11.6 Å². The second-order valence-electron chi connectivity index (χ2n) is 7.66. The van der Waals surface area contributed by atoms with Gasteiger partial charge in [-0.2, -0.15) is 4.52 Å². The predicted molar refractivity (Wildman–Crippen MR) is 130 cm³/mol. The summed E-state index contributed by atoms with van der Waals surface area (Å²) >= 11 is 6.05. The number of methoxy groups -OCH3 is 1. The van der Waals surface area contributed by atoms with Gasteiger partial charge in [0.2, 0.25) is 5.78 Å². The molecule has 0 aliphatic rings. The molecule has 6 aromatic rings. The maximum atomic E-state index is 13.6. The Labute approximate surface area is 197 Å². The molecule has 6 rings (SSSR count). The van der Waals surface area contributed by atoms with Crippen molar-refractivity contribution >= 4 is 29.2 Å². The summed E-state index contributed by atoms with van der Waals surface area (Å²) in [6.45, 7) is 0. The maximum absolute atomic E-state index is 13.6. The van der Waals surface area contributed by atoms with Crippen molar-refractivity contribution in [1.29, 1.82) is 0 Å². The lowest BCUT2D eigenvalue weighted by Gasteiger charge is -2.00. The topological polar surface area (TPSA) is 78.7 Å². The van der Waals surface area contributed by atoms with E-state index in [0.29, 0.717) is 33.4 Å². The van der Waals surface area contributed by atoms with Gasteiger partial charge in [0.1, 0.15) is 11.1 Å². The third-order valence-electron chi connectivity index (χ3n) is 5.61. The van der Waals surface area contributed by atoms with Crippen LogP contribution in [0.5, 0.6) is 5.75 Å². The molecule has 166 valence electrons.